The van der Waals surface area contributed by atoms with Gasteiger partial charge < -0.3 is 14.8 Å². The average molecular weight is 213 g/mol. The van der Waals surface area contributed by atoms with E-state index in [4.69, 9.17) is 9.47 Å². The van der Waals surface area contributed by atoms with Gasteiger partial charge in [-0.1, -0.05) is 12.8 Å². The maximum absolute atomic E-state index is 5.59. The van der Waals surface area contributed by atoms with Crippen LogP contribution in [0.15, 0.2) is 0 Å². The molecule has 1 saturated heterocycles. The van der Waals surface area contributed by atoms with Crippen molar-refractivity contribution < 1.29 is 9.47 Å². The molecule has 1 aliphatic carbocycles. The van der Waals surface area contributed by atoms with Crippen LogP contribution < -0.4 is 5.32 Å². The molecule has 0 aromatic heterocycles. The highest BCUT2D eigenvalue weighted by atomic mass is 16.6. The third kappa shape index (κ3) is 4.96. The third-order valence-electron chi connectivity index (χ3n) is 3.04. The monoisotopic (exact) mass is 213 g/mol. The summed E-state index contributed by atoms with van der Waals surface area (Å²) in [6.07, 6.45) is 8.38. The first kappa shape index (κ1) is 11.4. The van der Waals surface area contributed by atoms with Crippen LogP contribution in [0.1, 0.15) is 38.5 Å². The predicted molar refractivity (Wildman–Crippen MR) is 60.1 cm³/mol. The van der Waals surface area contributed by atoms with E-state index in [1.54, 1.807) is 0 Å². The van der Waals surface area contributed by atoms with Crippen LogP contribution in [-0.4, -0.2) is 38.5 Å². The van der Waals surface area contributed by atoms with Gasteiger partial charge in [-0.15, -0.1) is 0 Å². The van der Waals surface area contributed by atoms with Crippen LogP contribution in [0.3, 0.4) is 0 Å². The van der Waals surface area contributed by atoms with Crippen molar-refractivity contribution in [3.63, 3.8) is 0 Å². The van der Waals surface area contributed by atoms with Gasteiger partial charge in [0.15, 0.2) is 0 Å². The lowest BCUT2D eigenvalue weighted by molar-refractivity contribution is -0.129. The summed E-state index contributed by atoms with van der Waals surface area (Å²) in [5.41, 5.74) is 0. The standard InChI is InChI=1S/C12H23NO2/c1(3-7-13-11-5-6-11)2-4-8-15-12-9-14-10-12/h11-13H,1-10H2. The van der Waals surface area contributed by atoms with Crippen LogP contribution in [0.5, 0.6) is 0 Å². The van der Waals surface area contributed by atoms with Crippen molar-refractivity contribution in [2.75, 3.05) is 26.4 Å². The van der Waals surface area contributed by atoms with E-state index < -0.39 is 0 Å². The highest BCUT2D eigenvalue weighted by Gasteiger charge is 2.19. The molecule has 0 amide bonds. The van der Waals surface area contributed by atoms with Crippen LogP contribution in [0.4, 0.5) is 0 Å². The van der Waals surface area contributed by atoms with Gasteiger partial charge in [-0.3, -0.25) is 0 Å². The summed E-state index contributed by atoms with van der Waals surface area (Å²) >= 11 is 0. The van der Waals surface area contributed by atoms with E-state index in [0.29, 0.717) is 6.10 Å². The number of unbranched alkanes of at least 4 members (excludes halogenated alkanes) is 3. The predicted octanol–water partition coefficient (Wildman–Crippen LogP) is 1.71. The zero-order valence-electron chi connectivity index (χ0n) is 9.54. The van der Waals surface area contributed by atoms with Crippen LogP contribution in [0.2, 0.25) is 0 Å². The van der Waals surface area contributed by atoms with Crippen LogP contribution in [-0.2, 0) is 9.47 Å². The lowest BCUT2D eigenvalue weighted by Gasteiger charge is -2.25. The fourth-order valence-corrected chi connectivity index (χ4v) is 1.73. The molecule has 0 aromatic carbocycles. The molecule has 1 N–H and O–H groups in total. The van der Waals surface area contributed by atoms with E-state index >= 15 is 0 Å². The summed E-state index contributed by atoms with van der Waals surface area (Å²) in [7, 11) is 0. The molecular weight excluding hydrogens is 190 g/mol. The fraction of sp³-hybridized carbons (Fsp3) is 1.00. The first-order chi connectivity index (χ1) is 7.45. The Kier molecular flexibility index (Phi) is 4.90. The van der Waals surface area contributed by atoms with Crippen LogP contribution >= 0.6 is 0 Å². The summed E-state index contributed by atoms with van der Waals surface area (Å²) in [6, 6.07) is 0.868. The molecule has 15 heavy (non-hydrogen) atoms. The van der Waals surface area contributed by atoms with E-state index in [1.165, 1.54) is 45.1 Å². The molecule has 0 aromatic rings. The topological polar surface area (TPSA) is 30.5 Å². The lowest BCUT2D eigenvalue weighted by Crippen LogP contribution is -2.36. The van der Waals surface area contributed by atoms with Crippen molar-refractivity contribution in [2.24, 2.45) is 0 Å². The summed E-state index contributed by atoms with van der Waals surface area (Å²) in [5.74, 6) is 0. The van der Waals surface area contributed by atoms with Gasteiger partial charge in [0, 0.05) is 12.6 Å². The second kappa shape index (κ2) is 6.46. The number of ether oxygens (including phenoxy) is 2. The maximum atomic E-state index is 5.59. The largest absolute Gasteiger partial charge is 0.376 e. The number of hydrogen-bond donors (Lipinski definition) is 1. The quantitative estimate of drug-likeness (QED) is 0.591. The van der Waals surface area contributed by atoms with Gasteiger partial charge in [0.25, 0.3) is 0 Å². The Morgan fingerprint density at radius 2 is 1.87 bits per heavy atom. The first-order valence-electron chi connectivity index (χ1n) is 6.38. The maximum Gasteiger partial charge on any atom is 0.104 e. The van der Waals surface area contributed by atoms with Crippen LogP contribution in [0, 0.1) is 0 Å². The van der Waals surface area contributed by atoms with E-state index in [0.717, 1.165) is 25.9 Å². The molecule has 0 radical (unpaired) electrons. The Bertz CT molecular complexity index is 167. The lowest BCUT2D eigenvalue weighted by atomic mass is 10.2. The Labute approximate surface area is 92.5 Å². The Morgan fingerprint density at radius 3 is 2.53 bits per heavy atom. The zero-order valence-corrected chi connectivity index (χ0v) is 9.54. The molecule has 1 heterocycles. The average Bonchev–Trinajstić information content (AvgIpc) is 2.96. The van der Waals surface area contributed by atoms with Gasteiger partial charge in [-0.05, 0) is 32.2 Å². The summed E-state index contributed by atoms with van der Waals surface area (Å²) < 4.78 is 10.6. The van der Waals surface area contributed by atoms with Gasteiger partial charge in [0.2, 0.25) is 0 Å². The molecule has 3 heteroatoms. The van der Waals surface area contributed by atoms with E-state index in [9.17, 15) is 0 Å². The first-order valence-corrected chi connectivity index (χ1v) is 6.38. The van der Waals surface area contributed by atoms with Crippen molar-refractivity contribution in [1.82, 2.24) is 5.32 Å². The molecule has 2 aliphatic rings. The molecule has 2 fully saturated rings. The van der Waals surface area contributed by atoms with E-state index in [2.05, 4.69) is 5.32 Å². The highest BCUT2D eigenvalue weighted by molar-refractivity contribution is 4.80. The van der Waals surface area contributed by atoms with Gasteiger partial charge in [0.05, 0.1) is 13.2 Å². The van der Waals surface area contributed by atoms with E-state index in [1.807, 2.05) is 0 Å². The number of rotatable bonds is 9. The minimum Gasteiger partial charge on any atom is -0.376 e. The molecule has 1 saturated carbocycles. The molecular formula is C12H23NO2. The minimum atomic E-state index is 0.404. The number of nitrogens with one attached hydrogen (secondary N) is 1. The molecule has 0 bridgehead atoms. The van der Waals surface area contributed by atoms with Crippen molar-refractivity contribution in [1.29, 1.82) is 0 Å². The van der Waals surface area contributed by atoms with Crippen molar-refractivity contribution >= 4 is 0 Å². The van der Waals surface area contributed by atoms with Crippen molar-refractivity contribution in [2.45, 2.75) is 50.7 Å². The van der Waals surface area contributed by atoms with Gasteiger partial charge in [-0.25, -0.2) is 0 Å². The molecule has 2 rings (SSSR count). The Balaban J connectivity index is 1.26. The number of hydrogen-bond acceptors (Lipinski definition) is 3. The molecule has 0 spiro atoms. The second-order valence-electron chi connectivity index (χ2n) is 4.67. The molecule has 0 unspecified atom stereocenters. The van der Waals surface area contributed by atoms with Crippen molar-refractivity contribution in [3.05, 3.63) is 0 Å². The molecule has 1 aliphatic heterocycles. The summed E-state index contributed by atoms with van der Waals surface area (Å²) in [4.78, 5) is 0. The third-order valence-corrected chi connectivity index (χ3v) is 3.04. The molecule has 0 atom stereocenters. The van der Waals surface area contributed by atoms with Gasteiger partial charge >= 0.3 is 0 Å². The Morgan fingerprint density at radius 1 is 1.07 bits per heavy atom. The van der Waals surface area contributed by atoms with Crippen molar-refractivity contribution in [3.8, 4) is 0 Å². The highest BCUT2D eigenvalue weighted by Crippen LogP contribution is 2.18. The second-order valence-corrected chi connectivity index (χ2v) is 4.67. The normalized spacial score (nSPS) is 21.6. The summed E-state index contributed by atoms with van der Waals surface area (Å²) in [6.45, 7) is 3.75. The van der Waals surface area contributed by atoms with Crippen LogP contribution in [0.25, 0.3) is 0 Å². The smallest absolute Gasteiger partial charge is 0.104 e. The Hall–Kier alpha value is -0.120. The zero-order chi connectivity index (χ0) is 10.3. The fourth-order valence-electron chi connectivity index (χ4n) is 1.73. The SMILES string of the molecule is C(CCCOC1COC1)CCNC1CC1. The summed E-state index contributed by atoms with van der Waals surface area (Å²) in [5, 5.41) is 3.54. The van der Waals surface area contributed by atoms with Gasteiger partial charge in [-0.2, -0.15) is 0 Å². The molecule has 88 valence electrons. The molecule has 3 nitrogen and oxygen atoms in total. The van der Waals surface area contributed by atoms with Gasteiger partial charge in [0.1, 0.15) is 6.10 Å². The minimum absolute atomic E-state index is 0.404. The van der Waals surface area contributed by atoms with E-state index in [-0.39, 0.29) is 0 Å².